The van der Waals surface area contributed by atoms with Gasteiger partial charge in [-0.1, -0.05) is 6.07 Å². The number of aromatic amines is 1. The fourth-order valence-corrected chi connectivity index (χ4v) is 5.07. The Kier molecular flexibility index (Phi) is 7.16. The first-order valence-electron chi connectivity index (χ1n) is 11.7. The van der Waals surface area contributed by atoms with Crippen molar-refractivity contribution in [3.63, 3.8) is 0 Å². The number of aromatic nitrogens is 3. The van der Waals surface area contributed by atoms with E-state index in [1.54, 1.807) is 6.20 Å². The third kappa shape index (κ3) is 6.01. The number of anilines is 4. The maximum absolute atomic E-state index is 5.99. The first-order valence-corrected chi connectivity index (χ1v) is 12.9. The van der Waals surface area contributed by atoms with Gasteiger partial charge in [-0.05, 0) is 55.8 Å². The summed E-state index contributed by atoms with van der Waals surface area (Å²) < 4.78 is 5.99. The topological polar surface area (TPSA) is 78.1 Å². The van der Waals surface area contributed by atoms with Crippen molar-refractivity contribution in [2.24, 2.45) is 0 Å². The van der Waals surface area contributed by atoms with Crippen molar-refractivity contribution in [3.8, 4) is 5.75 Å². The van der Waals surface area contributed by atoms with Crippen molar-refractivity contribution >= 4 is 45.8 Å². The molecule has 0 aliphatic carbocycles. The molecule has 3 heterocycles. The van der Waals surface area contributed by atoms with E-state index in [0.717, 1.165) is 47.1 Å². The predicted octanol–water partition coefficient (Wildman–Crippen LogP) is 5.57. The monoisotopic (exact) mass is 474 g/mol. The normalized spacial score (nSPS) is 14.3. The summed E-state index contributed by atoms with van der Waals surface area (Å²) >= 11 is 2.04. The smallest absolute Gasteiger partial charge is 0.229 e. The van der Waals surface area contributed by atoms with Crippen LogP contribution in [-0.2, 0) is 0 Å². The molecule has 0 radical (unpaired) electrons. The van der Waals surface area contributed by atoms with Crippen molar-refractivity contribution in [2.45, 2.75) is 13.3 Å². The SMILES string of the molecule is Cc1cc2cc(Nc3ccnc(Nc4cccc(OCCCN5CCSCC5)c4)n3)ccc2[nH]1. The van der Waals surface area contributed by atoms with Crippen LogP contribution in [0.15, 0.2) is 60.8 Å². The minimum Gasteiger partial charge on any atom is -0.493 e. The highest BCUT2D eigenvalue weighted by atomic mass is 32.2. The summed E-state index contributed by atoms with van der Waals surface area (Å²) in [6.07, 6.45) is 2.78. The van der Waals surface area contributed by atoms with Gasteiger partial charge in [0.2, 0.25) is 5.95 Å². The number of benzene rings is 2. The van der Waals surface area contributed by atoms with Gasteiger partial charge in [-0.25, -0.2) is 4.98 Å². The van der Waals surface area contributed by atoms with E-state index in [1.807, 2.05) is 48.2 Å². The number of aryl methyl sites for hydroxylation is 1. The highest BCUT2D eigenvalue weighted by Crippen LogP contribution is 2.24. The zero-order chi connectivity index (χ0) is 23.2. The minimum atomic E-state index is 0.531. The molecule has 1 saturated heterocycles. The summed E-state index contributed by atoms with van der Waals surface area (Å²) in [5, 5.41) is 7.83. The first kappa shape index (κ1) is 22.6. The zero-order valence-corrected chi connectivity index (χ0v) is 20.2. The highest BCUT2D eigenvalue weighted by Gasteiger charge is 2.09. The quantitative estimate of drug-likeness (QED) is 0.274. The van der Waals surface area contributed by atoms with Gasteiger partial charge in [0.25, 0.3) is 0 Å². The van der Waals surface area contributed by atoms with E-state index >= 15 is 0 Å². The average molecular weight is 475 g/mol. The van der Waals surface area contributed by atoms with E-state index < -0.39 is 0 Å². The number of fused-ring (bicyclic) bond motifs is 1. The van der Waals surface area contributed by atoms with E-state index in [-0.39, 0.29) is 0 Å². The second-order valence-electron chi connectivity index (χ2n) is 8.45. The second kappa shape index (κ2) is 10.8. The fraction of sp³-hybridized carbons (Fsp3) is 0.308. The summed E-state index contributed by atoms with van der Waals surface area (Å²) in [5.74, 6) is 4.60. The molecule has 7 nitrogen and oxygen atoms in total. The van der Waals surface area contributed by atoms with Crippen molar-refractivity contribution < 1.29 is 4.74 Å². The van der Waals surface area contributed by atoms with Gasteiger partial charge in [0.05, 0.1) is 6.61 Å². The molecule has 1 fully saturated rings. The van der Waals surface area contributed by atoms with Crippen LogP contribution in [0.25, 0.3) is 10.9 Å². The lowest BCUT2D eigenvalue weighted by Gasteiger charge is -2.25. The van der Waals surface area contributed by atoms with Crippen molar-refractivity contribution in [1.29, 1.82) is 0 Å². The Hall–Kier alpha value is -3.23. The molecule has 3 N–H and O–H groups in total. The molecule has 0 spiro atoms. The number of H-pyrrole nitrogens is 1. The van der Waals surface area contributed by atoms with Gasteiger partial charge in [-0.2, -0.15) is 16.7 Å². The maximum Gasteiger partial charge on any atom is 0.229 e. The molecule has 1 aliphatic rings. The van der Waals surface area contributed by atoms with Crippen molar-refractivity contribution in [2.75, 3.05) is 48.4 Å². The summed E-state index contributed by atoms with van der Waals surface area (Å²) in [5.41, 5.74) is 4.15. The molecule has 5 rings (SSSR count). The molecule has 2 aromatic carbocycles. The molecule has 0 unspecified atom stereocenters. The third-order valence-electron chi connectivity index (χ3n) is 5.76. The standard InChI is InChI=1S/C26H30N6OS/c1-19-16-20-17-22(6-7-24(20)28-19)29-25-8-9-27-26(31-25)30-21-4-2-5-23(18-21)33-13-3-10-32-11-14-34-15-12-32/h2,4-9,16-18,28H,3,10-15H2,1H3,(H2,27,29,30,31). The van der Waals surface area contributed by atoms with Crippen LogP contribution in [-0.4, -0.2) is 57.6 Å². The Bertz CT molecular complexity index is 1240. The van der Waals surface area contributed by atoms with Gasteiger partial charge in [0, 0.05) is 71.4 Å². The maximum atomic E-state index is 5.99. The van der Waals surface area contributed by atoms with Crippen molar-refractivity contribution in [3.05, 3.63) is 66.5 Å². The van der Waals surface area contributed by atoms with E-state index in [1.165, 1.54) is 30.0 Å². The Morgan fingerprint density at radius 2 is 1.91 bits per heavy atom. The van der Waals surface area contributed by atoms with Crippen LogP contribution in [0, 0.1) is 6.92 Å². The number of ether oxygens (including phenoxy) is 1. The van der Waals surface area contributed by atoms with Crippen LogP contribution >= 0.6 is 11.8 Å². The number of rotatable bonds is 9. The van der Waals surface area contributed by atoms with Gasteiger partial charge in [0.1, 0.15) is 11.6 Å². The summed E-state index contributed by atoms with van der Waals surface area (Å²) in [6.45, 7) is 6.26. The van der Waals surface area contributed by atoms with Gasteiger partial charge in [-0.15, -0.1) is 0 Å². The highest BCUT2D eigenvalue weighted by molar-refractivity contribution is 7.99. The van der Waals surface area contributed by atoms with E-state index in [9.17, 15) is 0 Å². The molecule has 176 valence electrons. The Morgan fingerprint density at radius 1 is 1.03 bits per heavy atom. The van der Waals surface area contributed by atoms with Crippen LogP contribution in [0.3, 0.4) is 0 Å². The third-order valence-corrected chi connectivity index (χ3v) is 6.71. The molecule has 0 saturated carbocycles. The lowest BCUT2D eigenvalue weighted by Crippen LogP contribution is -2.33. The molecular weight excluding hydrogens is 444 g/mol. The zero-order valence-electron chi connectivity index (χ0n) is 19.4. The number of nitrogens with one attached hydrogen (secondary N) is 3. The Balaban J connectivity index is 1.17. The summed E-state index contributed by atoms with van der Waals surface area (Å²) in [6, 6.07) is 18.2. The lowest BCUT2D eigenvalue weighted by atomic mass is 10.2. The molecular formula is C26H30N6OS. The second-order valence-corrected chi connectivity index (χ2v) is 9.68. The van der Waals surface area contributed by atoms with Gasteiger partial charge >= 0.3 is 0 Å². The number of thioether (sulfide) groups is 1. The molecule has 0 bridgehead atoms. The average Bonchev–Trinajstić information content (AvgIpc) is 3.22. The van der Waals surface area contributed by atoms with Crippen LogP contribution in [0.4, 0.5) is 23.1 Å². The van der Waals surface area contributed by atoms with Crippen molar-refractivity contribution in [1.82, 2.24) is 19.9 Å². The number of nitrogens with zero attached hydrogens (tertiary/aromatic N) is 3. The Labute approximate surface area is 204 Å². The summed E-state index contributed by atoms with van der Waals surface area (Å²) in [7, 11) is 0. The molecule has 1 aliphatic heterocycles. The van der Waals surface area contributed by atoms with Crippen LogP contribution < -0.4 is 15.4 Å². The van der Waals surface area contributed by atoms with Crippen LogP contribution in [0.5, 0.6) is 5.75 Å². The van der Waals surface area contributed by atoms with Crippen LogP contribution in [0.2, 0.25) is 0 Å². The molecule has 0 atom stereocenters. The fourth-order valence-electron chi connectivity index (χ4n) is 4.09. The molecule has 2 aromatic heterocycles. The molecule has 4 aromatic rings. The predicted molar refractivity (Wildman–Crippen MR) is 142 cm³/mol. The molecule has 34 heavy (non-hydrogen) atoms. The first-order chi connectivity index (χ1) is 16.7. The summed E-state index contributed by atoms with van der Waals surface area (Å²) in [4.78, 5) is 14.9. The van der Waals surface area contributed by atoms with E-state index in [4.69, 9.17) is 4.74 Å². The largest absolute Gasteiger partial charge is 0.493 e. The lowest BCUT2D eigenvalue weighted by molar-refractivity contribution is 0.248. The van der Waals surface area contributed by atoms with Gasteiger partial charge < -0.3 is 25.3 Å². The van der Waals surface area contributed by atoms with Gasteiger partial charge in [0.15, 0.2) is 0 Å². The number of hydrogen-bond donors (Lipinski definition) is 3. The minimum absolute atomic E-state index is 0.531. The van der Waals surface area contributed by atoms with E-state index in [2.05, 4.69) is 55.6 Å². The van der Waals surface area contributed by atoms with Gasteiger partial charge in [-0.3, -0.25) is 0 Å². The molecule has 0 amide bonds. The van der Waals surface area contributed by atoms with Crippen LogP contribution in [0.1, 0.15) is 12.1 Å². The Morgan fingerprint density at radius 3 is 2.82 bits per heavy atom. The number of hydrogen-bond acceptors (Lipinski definition) is 7. The van der Waals surface area contributed by atoms with E-state index in [0.29, 0.717) is 12.6 Å². The molecule has 8 heteroatoms.